The maximum atomic E-state index is 12.3. The van der Waals surface area contributed by atoms with Gasteiger partial charge in [0.05, 0.1) is 9.75 Å². The van der Waals surface area contributed by atoms with Gasteiger partial charge in [-0.1, -0.05) is 6.42 Å². The van der Waals surface area contributed by atoms with Crippen molar-refractivity contribution < 1.29 is 9.59 Å². The number of nitrogens with zero attached hydrogens (tertiary/aromatic N) is 1. The van der Waals surface area contributed by atoms with Gasteiger partial charge in [0.2, 0.25) is 0 Å². The van der Waals surface area contributed by atoms with E-state index in [0.29, 0.717) is 15.8 Å². The number of hydrogen-bond donors (Lipinski definition) is 1. The molecule has 0 aliphatic carbocycles. The second kappa shape index (κ2) is 5.66. The highest BCUT2D eigenvalue weighted by Gasteiger charge is 2.36. The summed E-state index contributed by atoms with van der Waals surface area (Å²) in [4.78, 5) is 27.4. The van der Waals surface area contributed by atoms with Gasteiger partial charge in [-0.05, 0) is 44.9 Å². The van der Waals surface area contributed by atoms with Crippen molar-refractivity contribution in [2.24, 2.45) is 0 Å². The molecule has 0 unspecified atom stereocenters. The van der Waals surface area contributed by atoms with E-state index in [2.05, 4.69) is 10.2 Å². The van der Waals surface area contributed by atoms with Crippen LogP contribution in [-0.4, -0.2) is 41.8 Å². The first-order valence-corrected chi connectivity index (χ1v) is 8.12. The van der Waals surface area contributed by atoms with Crippen LogP contribution in [0.1, 0.15) is 52.0 Å². The molecule has 2 saturated heterocycles. The quantitative estimate of drug-likeness (QED) is 0.870. The molecule has 4 nitrogen and oxygen atoms in total. The van der Waals surface area contributed by atoms with E-state index in [1.165, 1.54) is 44.1 Å². The lowest BCUT2D eigenvalue weighted by molar-refractivity contribution is 0.0919. The second-order valence-electron chi connectivity index (χ2n) is 5.69. The van der Waals surface area contributed by atoms with Crippen molar-refractivity contribution in [2.75, 3.05) is 13.1 Å². The number of amides is 1. The molecule has 20 heavy (non-hydrogen) atoms. The van der Waals surface area contributed by atoms with Crippen LogP contribution in [0.5, 0.6) is 0 Å². The Balaban J connectivity index is 1.65. The van der Waals surface area contributed by atoms with Crippen molar-refractivity contribution in [3.8, 4) is 0 Å². The maximum absolute atomic E-state index is 12.3. The van der Waals surface area contributed by atoms with Crippen molar-refractivity contribution in [3.05, 3.63) is 21.9 Å². The summed E-state index contributed by atoms with van der Waals surface area (Å²) in [6.45, 7) is 3.80. The molecule has 2 atom stereocenters. The summed E-state index contributed by atoms with van der Waals surface area (Å²) in [5.41, 5.74) is 0. The lowest BCUT2D eigenvalue weighted by Gasteiger charge is -2.32. The zero-order valence-electron chi connectivity index (χ0n) is 11.7. The first kappa shape index (κ1) is 13.8. The molecule has 0 bridgehead atoms. The van der Waals surface area contributed by atoms with Crippen LogP contribution in [0.25, 0.3) is 0 Å². The first-order chi connectivity index (χ1) is 9.65. The highest BCUT2D eigenvalue weighted by Crippen LogP contribution is 2.27. The molecular weight excluding hydrogens is 272 g/mol. The summed E-state index contributed by atoms with van der Waals surface area (Å²) in [5.74, 6) is -0.00621. The monoisotopic (exact) mass is 292 g/mol. The number of ketones is 1. The Hall–Kier alpha value is -1.20. The summed E-state index contributed by atoms with van der Waals surface area (Å²) >= 11 is 1.29. The third-order valence-electron chi connectivity index (χ3n) is 4.35. The van der Waals surface area contributed by atoms with Crippen LogP contribution >= 0.6 is 11.3 Å². The molecule has 2 fully saturated rings. The average molecular weight is 292 g/mol. The van der Waals surface area contributed by atoms with Gasteiger partial charge in [0.25, 0.3) is 5.91 Å². The summed E-state index contributed by atoms with van der Waals surface area (Å²) in [7, 11) is 0. The standard InChI is InChI=1S/C15H20N2O2S/c1-10(18)13-5-6-14(20-13)15(19)16-11-7-9-17-8-3-2-4-12(11)17/h5-6,11-12H,2-4,7-9H2,1H3,(H,16,19)/t11-,12-/m1/s1. The molecule has 5 heteroatoms. The van der Waals surface area contributed by atoms with E-state index in [1.807, 2.05) is 0 Å². The van der Waals surface area contributed by atoms with Crippen molar-refractivity contribution in [1.82, 2.24) is 10.2 Å². The number of thiophene rings is 1. The number of nitrogens with one attached hydrogen (secondary N) is 1. The minimum absolute atomic E-state index is 0.0216. The third-order valence-corrected chi connectivity index (χ3v) is 5.53. The van der Waals surface area contributed by atoms with Gasteiger partial charge in [0.1, 0.15) is 0 Å². The Morgan fingerprint density at radius 2 is 2.00 bits per heavy atom. The number of carbonyl (C=O) groups is 2. The molecule has 2 aliphatic heterocycles. The molecule has 2 aliphatic rings. The third kappa shape index (κ3) is 2.65. The molecule has 0 spiro atoms. The fourth-order valence-corrected chi connectivity index (χ4v) is 4.11. The van der Waals surface area contributed by atoms with E-state index >= 15 is 0 Å². The van der Waals surface area contributed by atoms with Crippen molar-refractivity contribution in [1.29, 1.82) is 0 Å². The Labute approximate surface area is 123 Å². The van der Waals surface area contributed by atoms with Crippen LogP contribution in [0.4, 0.5) is 0 Å². The Kier molecular flexibility index (Phi) is 3.89. The highest BCUT2D eigenvalue weighted by molar-refractivity contribution is 7.15. The fourth-order valence-electron chi connectivity index (χ4n) is 3.30. The van der Waals surface area contributed by atoms with E-state index in [1.54, 1.807) is 12.1 Å². The maximum Gasteiger partial charge on any atom is 0.261 e. The van der Waals surface area contributed by atoms with Gasteiger partial charge in [-0.3, -0.25) is 14.5 Å². The molecule has 3 rings (SSSR count). The number of fused-ring (bicyclic) bond motifs is 1. The van der Waals surface area contributed by atoms with E-state index in [9.17, 15) is 9.59 Å². The van der Waals surface area contributed by atoms with Gasteiger partial charge in [-0.2, -0.15) is 0 Å². The molecule has 1 aromatic rings. The van der Waals surface area contributed by atoms with Crippen LogP contribution < -0.4 is 5.32 Å². The zero-order chi connectivity index (χ0) is 14.1. The van der Waals surface area contributed by atoms with Crippen LogP contribution in [0.15, 0.2) is 12.1 Å². The van der Waals surface area contributed by atoms with Gasteiger partial charge in [-0.25, -0.2) is 0 Å². The summed E-state index contributed by atoms with van der Waals surface area (Å²) < 4.78 is 0. The zero-order valence-corrected chi connectivity index (χ0v) is 12.5. The first-order valence-electron chi connectivity index (χ1n) is 7.31. The summed E-state index contributed by atoms with van der Waals surface area (Å²) in [6.07, 6.45) is 4.78. The topological polar surface area (TPSA) is 49.4 Å². The molecule has 1 aromatic heterocycles. The Morgan fingerprint density at radius 1 is 1.20 bits per heavy atom. The van der Waals surface area contributed by atoms with Gasteiger partial charge in [0.15, 0.2) is 5.78 Å². The molecule has 1 amide bonds. The minimum Gasteiger partial charge on any atom is -0.347 e. The number of piperidine rings is 1. The molecule has 108 valence electrons. The number of Topliss-reactive ketones (excluding diaryl/α,β-unsaturated/α-hetero) is 1. The van der Waals surface area contributed by atoms with Crippen LogP contribution in [0.3, 0.4) is 0 Å². The normalized spacial score (nSPS) is 26.2. The minimum atomic E-state index is -0.0278. The predicted molar refractivity (Wildman–Crippen MR) is 79.4 cm³/mol. The Bertz CT molecular complexity index is 526. The lowest BCUT2D eigenvalue weighted by Crippen LogP contribution is -2.46. The molecule has 0 radical (unpaired) electrons. The van der Waals surface area contributed by atoms with E-state index in [-0.39, 0.29) is 17.7 Å². The number of rotatable bonds is 3. The largest absolute Gasteiger partial charge is 0.347 e. The SMILES string of the molecule is CC(=O)c1ccc(C(=O)N[C@@H]2CCN3CCCC[C@H]23)s1. The van der Waals surface area contributed by atoms with Gasteiger partial charge in [-0.15, -0.1) is 11.3 Å². The van der Waals surface area contributed by atoms with Crippen molar-refractivity contribution in [3.63, 3.8) is 0 Å². The van der Waals surface area contributed by atoms with Crippen molar-refractivity contribution >= 4 is 23.0 Å². The van der Waals surface area contributed by atoms with Crippen LogP contribution in [0.2, 0.25) is 0 Å². The van der Waals surface area contributed by atoms with E-state index < -0.39 is 0 Å². The average Bonchev–Trinajstić information content (AvgIpc) is 3.06. The van der Waals surface area contributed by atoms with Crippen molar-refractivity contribution in [2.45, 2.75) is 44.7 Å². The van der Waals surface area contributed by atoms with Crippen LogP contribution in [0, 0.1) is 0 Å². The lowest BCUT2D eigenvalue weighted by atomic mass is 9.99. The summed E-state index contributed by atoms with van der Waals surface area (Å²) in [5, 5.41) is 3.17. The number of carbonyl (C=O) groups excluding carboxylic acids is 2. The van der Waals surface area contributed by atoms with E-state index in [4.69, 9.17) is 0 Å². The van der Waals surface area contributed by atoms with E-state index in [0.717, 1.165) is 13.0 Å². The molecule has 1 N–H and O–H groups in total. The van der Waals surface area contributed by atoms with Crippen LogP contribution in [-0.2, 0) is 0 Å². The molecular formula is C15H20N2O2S. The Morgan fingerprint density at radius 3 is 2.75 bits per heavy atom. The molecule has 0 aromatic carbocycles. The predicted octanol–water partition coefficient (Wildman–Crippen LogP) is 2.31. The highest BCUT2D eigenvalue weighted by atomic mass is 32.1. The molecule has 0 saturated carbocycles. The van der Waals surface area contributed by atoms with Gasteiger partial charge in [0, 0.05) is 18.6 Å². The fraction of sp³-hybridized carbons (Fsp3) is 0.600. The van der Waals surface area contributed by atoms with Gasteiger partial charge >= 0.3 is 0 Å². The number of hydrogen-bond acceptors (Lipinski definition) is 4. The molecule has 3 heterocycles. The second-order valence-corrected chi connectivity index (χ2v) is 6.77. The summed E-state index contributed by atoms with van der Waals surface area (Å²) in [6, 6.07) is 4.28. The van der Waals surface area contributed by atoms with Gasteiger partial charge < -0.3 is 5.32 Å². The smallest absolute Gasteiger partial charge is 0.261 e.